The van der Waals surface area contributed by atoms with E-state index in [-0.39, 0.29) is 12.6 Å². The molecule has 0 radical (unpaired) electrons. The Morgan fingerprint density at radius 3 is 2.33 bits per heavy atom. The number of anilines is 2. The van der Waals surface area contributed by atoms with Crippen molar-refractivity contribution < 1.29 is 23.8 Å². The highest BCUT2D eigenvalue weighted by Gasteiger charge is 2.24. The third kappa shape index (κ3) is 6.29. The number of ether oxygens (including phenoxy) is 1. The minimum atomic E-state index is -0.951. The van der Waals surface area contributed by atoms with Crippen molar-refractivity contribution in [2.75, 3.05) is 24.7 Å². The second-order valence-corrected chi connectivity index (χ2v) is 7.63. The number of urea groups is 1. The van der Waals surface area contributed by atoms with Gasteiger partial charge in [0.2, 0.25) is 0 Å². The lowest BCUT2D eigenvalue weighted by Gasteiger charge is -2.29. The van der Waals surface area contributed by atoms with E-state index in [9.17, 15) is 14.0 Å². The largest absolute Gasteiger partial charge is 0.480 e. The Kier molecular flexibility index (Phi) is 7.79. The monoisotopic (exact) mass is 414 g/mol. The first-order chi connectivity index (χ1) is 14.5. The number of hydrogen-bond donors (Lipinski definition) is 2. The van der Waals surface area contributed by atoms with E-state index in [2.05, 4.69) is 5.32 Å². The molecule has 0 spiro atoms. The van der Waals surface area contributed by atoms with E-state index < -0.39 is 11.8 Å². The number of para-hydroxylation sites is 1. The second-order valence-electron chi connectivity index (χ2n) is 7.63. The third-order valence-corrected chi connectivity index (χ3v) is 5.37. The maximum atomic E-state index is 13.8. The molecule has 0 aromatic heterocycles. The van der Waals surface area contributed by atoms with E-state index in [1.54, 1.807) is 12.1 Å². The molecular weight excluding hydrogens is 387 g/mol. The minimum absolute atomic E-state index is 0.259. The summed E-state index contributed by atoms with van der Waals surface area (Å²) in [5.74, 6) is -0.628. The van der Waals surface area contributed by atoms with Crippen LogP contribution in [0.3, 0.4) is 0 Å². The fourth-order valence-corrected chi connectivity index (χ4v) is 3.80. The van der Waals surface area contributed by atoms with Crippen LogP contribution in [0.15, 0.2) is 54.6 Å². The Hall–Kier alpha value is -2.93. The van der Waals surface area contributed by atoms with E-state index >= 15 is 0 Å². The number of carboxylic acids is 1. The van der Waals surface area contributed by atoms with Gasteiger partial charge < -0.3 is 15.2 Å². The van der Waals surface area contributed by atoms with Gasteiger partial charge in [-0.25, -0.2) is 14.0 Å². The molecule has 0 heterocycles. The van der Waals surface area contributed by atoms with Crippen molar-refractivity contribution in [3.05, 3.63) is 60.4 Å². The van der Waals surface area contributed by atoms with Gasteiger partial charge in [0.1, 0.15) is 12.4 Å². The SMILES string of the molecule is O=C(O)COC[C@H]1CC[C@H](CNC(=O)N(c2ccccc2)c2cccc(F)c2)CC1. The third-order valence-electron chi connectivity index (χ3n) is 5.37. The molecule has 2 N–H and O–H groups in total. The van der Waals surface area contributed by atoms with Crippen molar-refractivity contribution >= 4 is 23.4 Å². The summed E-state index contributed by atoms with van der Waals surface area (Å²) < 4.78 is 19.0. The number of carbonyl (C=O) groups is 2. The molecule has 6 nitrogen and oxygen atoms in total. The number of carbonyl (C=O) groups excluding carboxylic acids is 1. The van der Waals surface area contributed by atoms with E-state index in [1.807, 2.05) is 30.3 Å². The molecule has 0 saturated heterocycles. The first kappa shape index (κ1) is 21.8. The van der Waals surface area contributed by atoms with Crippen molar-refractivity contribution in [2.45, 2.75) is 25.7 Å². The minimum Gasteiger partial charge on any atom is -0.480 e. The number of nitrogens with one attached hydrogen (secondary N) is 1. The van der Waals surface area contributed by atoms with Crippen molar-refractivity contribution in [3.63, 3.8) is 0 Å². The quantitative estimate of drug-likeness (QED) is 0.663. The molecule has 0 aliphatic heterocycles. The predicted molar refractivity (Wildman–Crippen MR) is 112 cm³/mol. The summed E-state index contributed by atoms with van der Waals surface area (Å²) >= 11 is 0. The van der Waals surface area contributed by atoms with Gasteiger partial charge in [-0.3, -0.25) is 4.90 Å². The van der Waals surface area contributed by atoms with E-state index in [4.69, 9.17) is 9.84 Å². The zero-order valence-corrected chi connectivity index (χ0v) is 16.8. The van der Waals surface area contributed by atoms with Crippen LogP contribution in [-0.4, -0.2) is 36.9 Å². The van der Waals surface area contributed by atoms with Crippen molar-refractivity contribution in [2.24, 2.45) is 11.8 Å². The summed E-state index contributed by atoms with van der Waals surface area (Å²) in [6, 6.07) is 14.9. The van der Waals surface area contributed by atoms with E-state index in [0.717, 1.165) is 25.7 Å². The molecule has 0 bridgehead atoms. The lowest BCUT2D eigenvalue weighted by atomic mass is 9.82. The molecule has 7 heteroatoms. The van der Waals surface area contributed by atoms with Crippen LogP contribution in [0.25, 0.3) is 0 Å². The molecule has 1 aliphatic rings. The van der Waals surface area contributed by atoms with Gasteiger partial charge in [-0.15, -0.1) is 0 Å². The number of aliphatic carboxylic acids is 1. The lowest BCUT2D eigenvalue weighted by molar-refractivity contribution is -0.142. The van der Waals surface area contributed by atoms with Gasteiger partial charge in [0.25, 0.3) is 0 Å². The lowest BCUT2D eigenvalue weighted by Crippen LogP contribution is -2.40. The zero-order chi connectivity index (χ0) is 21.3. The van der Waals surface area contributed by atoms with Crippen LogP contribution in [0.2, 0.25) is 0 Å². The molecule has 30 heavy (non-hydrogen) atoms. The molecular formula is C23H27FN2O4. The smallest absolute Gasteiger partial charge is 0.329 e. The van der Waals surface area contributed by atoms with Gasteiger partial charge in [-0.05, 0) is 67.9 Å². The van der Waals surface area contributed by atoms with Crippen LogP contribution in [0.1, 0.15) is 25.7 Å². The molecule has 160 valence electrons. The highest BCUT2D eigenvalue weighted by atomic mass is 19.1. The summed E-state index contributed by atoms with van der Waals surface area (Å²) in [5.41, 5.74) is 1.14. The van der Waals surface area contributed by atoms with Crippen molar-refractivity contribution in [1.82, 2.24) is 5.32 Å². The predicted octanol–water partition coefficient (Wildman–Crippen LogP) is 4.58. The Balaban J connectivity index is 1.55. The fourth-order valence-electron chi connectivity index (χ4n) is 3.80. The van der Waals surface area contributed by atoms with Crippen LogP contribution in [0.5, 0.6) is 0 Å². The maximum absolute atomic E-state index is 13.8. The van der Waals surface area contributed by atoms with Gasteiger partial charge in [-0.2, -0.15) is 0 Å². The van der Waals surface area contributed by atoms with Gasteiger partial charge in [-0.1, -0.05) is 24.3 Å². The van der Waals surface area contributed by atoms with Gasteiger partial charge >= 0.3 is 12.0 Å². The Morgan fingerprint density at radius 1 is 1.00 bits per heavy atom. The molecule has 0 unspecified atom stereocenters. The fraction of sp³-hybridized carbons (Fsp3) is 0.391. The molecule has 2 aromatic rings. The zero-order valence-electron chi connectivity index (χ0n) is 16.8. The summed E-state index contributed by atoms with van der Waals surface area (Å²) in [5, 5.41) is 11.6. The molecule has 0 atom stereocenters. The average Bonchev–Trinajstić information content (AvgIpc) is 2.74. The van der Waals surface area contributed by atoms with Crippen LogP contribution in [0.4, 0.5) is 20.6 Å². The molecule has 1 saturated carbocycles. The summed E-state index contributed by atoms with van der Waals surface area (Å²) in [6.45, 7) is 0.748. The van der Waals surface area contributed by atoms with Gasteiger partial charge in [0.15, 0.2) is 0 Å². The van der Waals surface area contributed by atoms with Crippen LogP contribution < -0.4 is 10.2 Å². The van der Waals surface area contributed by atoms with Crippen molar-refractivity contribution in [3.8, 4) is 0 Å². The number of hydrogen-bond acceptors (Lipinski definition) is 3. The number of halogens is 1. The highest BCUT2D eigenvalue weighted by molar-refractivity contribution is 5.99. The van der Waals surface area contributed by atoms with Gasteiger partial charge in [0, 0.05) is 6.54 Å². The van der Waals surface area contributed by atoms with E-state index in [1.165, 1.54) is 17.0 Å². The number of nitrogens with zero attached hydrogens (tertiary/aromatic N) is 1. The standard InChI is InChI=1S/C23H27FN2O4/c24-19-5-4-8-21(13-19)26(20-6-2-1-3-7-20)23(29)25-14-17-9-11-18(12-10-17)15-30-16-22(27)28/h1-8,13,17-18H,9-12,14-16H2,(H,25,29)(H,27,28)/t17-,18-. The number of amides is 2. The van der Waals surface area contributed by atoms with Crippen LogP contribution in [0, 0.1) is 17.7 Å². The van der Waals surface area contributed by atoms with Gasteiger partial charge in [0.05, 0.1) is 18.0 Å². The Bertz CT molecular complexity index is 838. The highest BCUT2D eigenvalue weighted by Crippen LogP contribution is 2.29. The van der Waals surface area contributed by atoms with Crippen molar-refractivity contribution in [1.29, 1.82) is 0 Å². The Labute approximate surface area is 175 Å². The Morgan fingerprint density at radius 2 is 1.67 bits per heavy atom. The average molecular weight is 414 g/mol. The topological polar surface area (TPSA) is 78.9 Å². The molecule has 2 aromatic carbocycles. The van der Waals surface area contributed by atoms with Crippen LogP contribution in [-0.2, 0) is 9.53 Å². The summed E-state index contributed by atoms with van der Waals surface area (Å²) in [6.07, 6.45) is 3.80. The summed E-state index contributed by atoms with van der Waals surface area (Å²) in [4.78, 5) is 25.0. The molecule has 3 rings (SSSR count). The number of rotatable bonds is 8. The van der Waals surface area contributed by atoms with E-state index in [0.29, 0.717) is 36.4 Å². The number of benzene rings is 2. The first-order valence-electron chi connectivity index (χ1n) is 10.2. The molecule has 1 aliphatic carbocycles. The molecule has 2 amide bonds. The summed E-state index contributed by atoms with van der Waals surface area (Å²) in [7, 11) is 0. The number of carboxylic acid groups (broad SMARTS) is 1. The van der Waals surface area contributed by atoms with Crippen LogP contribution >= 0.6 is 0 Å². The first-order valence-corrected chi connectivity index (χ1v) is 10.2. The maximum Gasteiger partial charge on any atom is 0.329 e. The second kappa shape index (κ2) is 10.7. The normalized spacial score (nSPS) is 18.6. The molecule has 1 fully saturated rings.